The molecule has 0 radical (unpaired) electrons. The fraction of sp³-hybridized carbons (Fsp3) is 0.111. The van der Waals surface area contributed by atoms with Gasteiger partial charge in [-0.1, -0.05) is 54.1 Å². The minimum absolute atomic E-state index is 0.210. The lowest BCUT2D eigenvalue weighted by atomic mass is 9.97. The first-order valence-corrected chi connectivity index (χ1v) is 11.0. The van der Waals surface area contributed by atoms with E-state index in [0.29, 0.717) is 45.3 Å². The third-order valence-electron chi connectivity index (χ3n) is 5.17. The van der Waals surface area contributed by atoms with Gasteiger partial charge in [0, 0.05) is 17.6 Å². The molecule has 0 fully saturated rings. The molecule has 34 heavy (non-hydrogen) atoms. The zero-order valence-electron chi connectivity index (χ0n) is 18.4. The van der Waals surface area contributed by atoms with Crippen LogP contribution in [0.5, 0.6) is 11.5 Å². The summed E-state index contributed by atoms with van der Waals surface area (Å²) < 4.78 is 26.1. The van der Waals surface area contributed by atoms with E-state index in [2.05, 4.69) is 10.3 Å². The number of carbonyl (C=O) groups excluding carboxylic acids is 1. The van der Waals surface area contributed by atoms with Crippen LogP contribution in [0.25, 0.3) is 11.1 Å². The Hall–Kier alpha value is -3.90. The highest BCUT2D eigenvalue weighted by Crippen LogP contribution is 2.36. The Kier molecular flexibility index (Phi) is 7.40. The van der Waals surface area contributed by atoms with Gasteiger partial charge >= 0.3 is 6.09 Å². The largest absolute Gasteiger partial charge is 0.496 e. The van der Waals surface area contributed by atoms with Crippen LogP contribution in [0, 0.1) is 5.82 Å². The Bertz CT molecular complexity index is 1280. The van der Waals surface area contributed by atoms with E-state index in [0.717, 1.165) is 5.56 Å². The summed E-state index contributed by atoms with van der Waals surface area (Å²) in [6.45, 7) is 0.210. The van der Waals surface area contributed by atoms with Crippen LogP contribution in [0.15, 0.2) is 85.1 Å². The molecule has 3 aromatic carbocycles. The van der Waals surface area contributed by atoms with E-state index in [-0.39, 0.29) is 12.4 Å². The lowest BCUT2D eigenvalue weighted by molar-refractivity contribution is 0.200. The van der Waals surface area contributed by atoms with Gasteiger partial charge in [0.2, 0.25) is 0 Å². The first kappa shape index (κ1) is 23.3. The van der Waals surface area contributed by atoms with Crippen LogP contribution in [0.3, 0.4) is 0 Å². The Morgan fingerprint density at radius 2 is 1.85 bits per heavy atom. The Balaban J connectivity index is 1.44. The van der Waals surface area contributed by atoms with Crippen molar-refractivity contribution in [3.63, 3.8) is 0 Å². The molecule has 1 amide bonds. The summed E-state index contributed by atoms with van der Waals surface area (Å²) in [5.41, 5.74) is 3.01. The number of hydrogen-bond acceptors (Lipinski definition) is 4. The maximum absolute atomic E-state index is 15.5. The van der Waals surface area contributed by atoms with Gasteiger partial charge in [0.1, 0.15) is 17.3 Å². The molecule has 5 nitrogen and oxygen atoms in total. The second kappa shape index (κ2) is 10.8. The topological polar surface area (TPSA) is 60.5 Å². The van der Waals surface area contributed by atoms with E-state index in [1.807, 2.05) is 12.1 Å². The summed E-state index contributed by atoms with van der Waals surface area (Å²) in [7, 11) is 1.51. The van der Waals surface area contributed by atoms with Gasteiger partial charge in [0.15, 0.2) is 0 Å². The van der Waals surface area contributed by atoms with Gasteiger partial charge in [-0.2, -0.15) is 0 Å². The summed E-state index contributed by atoms with van der Waals surface area (Å²) in [5.74, 6) is 0.531. The number of pyridine rings is 1. The Morgan fingerprint density at radius 3 is 2.56 bits per heavy atom. The first-order valence-electron chi connectivity index (χ1n) is 10.6. The number of nitrogens with one attached hydrogen (secondary N) is 1. The smallest absolute Gasteiger partial charge is 0.412 e. The Labute approximate surface area is 202 Å². The van der Waals surface area contributed by atoms with Crippen molar-refractivity contribution in [2.45, 2.75) is 13.0 Å². The number of aromatic nitrogens is 1. The summed E-state index contributed by atoms with van der Waals surface area (Å²) in [6.07, 6.45) is 1.45. The molecule has 0 saturated carbocycles. The molecule has 4 aromatic rings. The maximum atomic E-state index is 15.5. The van der Waals surface area contributed by atoms with Gasteiger partial charge in [-0.25, -0.2) is 9.18 Å². The molecule has 0 aliphatic carbocycles. The highest BCUT2D eigenvalue weighted by Gasteiger charge is 2.17. The second-order valence-corrected chi connectivity index (χ2v) is 7.95. The van der Waals surface area contributed by atoms with Crippen molar-refractivity contribution < 1.29 is 18.7 Å². The van der Waals surface area contributed by atoms with Gasteiger partial charge in [0.05, 0.1) is 24.9 Å². The van der Waals surface area contributed by atoms with Crippen LogP contribution in [0.2, 0.25) is 5.02 Å². The lowest BCUT2D eigenvalue weighted by Gasteiger charge is -2.14. The number of rotatable bonds is 7. The summed E-state index contributed by atoms with van der Waals surface area (Å²) in [4.78, 5) is 16.3. The molecule has 1 N–H and O–H groups in total. The number of hydrogen-bond donors (Lipinski definition) is 1. The van der Waals surface area contributed by atoms with Crippen LogP contribution in [-0.2, 0) is 13.0 Å². The fourth-order valence-corrected chi connectivity index (χ4v) is 3.69. The van der Waals surface area contributed by atoms with Crippen molar-refractivity contribution in [1.29, 1.82) is 0 Å². The minimum atomic E-state index is -0.564. The van der Waals surface area contributed by atoms with E-state index in [1.165, 1.54) is 7.11 Å². The zero-order chi connectivity index (χ0) is 23.9. The number of nitrogens with zero attached hydrogens (tertiary/aromatic N) is 1. The SMILES string of the molecule is COc1ccc(Cc2ccc(CNC(=O)Oc3ccccc3)nc2)c(F)c1-c1cccc(Cl)c1. The maximum Gasteiger partial charge on any atom is 0.412 e. The predicted molar refractivity (Wildman–Crippen MR) is 130 cm³/mol. The standard InChI is InChI=1S/C27H22ClFN2O3/c1-33-24-13-11-20(26(29)25(24)19-6-5-7-21(28)15-19)14-18-10-12-22(30-16-18)17-31-27(32)34-23-8-3-2-4-9-23/h2-13,15-16H,14,17H2,1H3,(H,31,32). The van der Waals surface area contributed by atoms with Crippen molar-refractivity contribution in [3.8, 4) is 22.6 Å². The molecule has 0 spiro atoms. The number of para-hydroxylation sites is 1. The third-order valence-corrected chi connectivity index (χ3v) is 5.40. The predicted octanol–water partition coefficient (Wildman–Crippen LogP) is 6.43. The molecule has 4 rings (SSSR count). The molecule has 0 atom stereocenters. The number of methoxy groups -OCH3 is 1. The summed E-state index contributed by atoms with van der Waals surface area (Å²) in [6, 6.07) is 22.9. The van der Waals surface area contributed by atoms with Gasteiger partial charge < -0.3 is 14.8 Å². The summed E-state index contributed by atoms with van der Waals surface area (Å²) in [5, 5.41) is 3.18. The Morgan fingerprint density at radius 1 is 1.03 bits per heavy atom. The average molecular weight is 477 g/mol. The molecule has 0 unspecified atom stereocenters. The van der Waals surface area contributed by atoms with Crippen LogP contribution in [0.4, 0.5) is 9.18 Å². The van der Waals surface area contributed by atoms with Crippen molar-refractivity contribution in [2.75, 3.05) is 7.11 Å². The summed E-state index contributed by atoms with van der Waals surface area (Å²) >= 11 is 6.11. The average Bonchev–Trinajstić information content (AvgIpc) is 2.85. The molecule has 0 aliphatic heterocycles. The molecule has 1 heterocycles. The molecule has 1 aromatic heterocycles. The van der Waals surface area contributed by atoms with Crippen molar-refractivity contribution in [1.82, 2.24) is 10.3 Å². The monoisotopic (exact) mass is 476 g/mol. The van der Waals surface area contributed by atoms with Crippen LogP contribution >= 0.6 is 11.6 Å². The van der Waals surface area contributed by atoms with E-state index < -0.39 is 6.09 Å². The fourth-order valence-electron chi connectivity index (χ4n) is 3.50. The van der Waals surface area contributed by atoms with Crippen molar-refractivity contribution in [3.05, 3.63) is 113 Å². The first-order chi connectivity index (χ1) is 16.5. The minimum Gasteiger partial charge on any atom is -0.496 e. The quantitative estimate of drug-likeness (QED) is 0.334. The molecule has 7 heteroatoms. The number of ether oxygens (including phenoxy) is 2. The number of benzene rings is 3. The van der Waals surface area contributed by atoms with Gasteiger partial charge in [0.25, 0.3) is 0 Å². The second-order valence-electron chi connectivity index (χ2n) is 7.52. The van der Waals surface area contributed by atoms with E-state index in [9.17, 15) is 4.79 Å². The normalized spacial score (nSPS) is 10.6. The number of carbonyl (C=O) groups is 1. The third kappa shape index (κ3) is 5.71. The van der Waals surface area contributed by atoms with E-state index in [4.69, 9.17) is 21.1 Å². The lowest BCUT2D eigenvalue weighted by Crippen LogP contribution is -2.26. The van der Waals surface area contributed by atoms with E-state index in [1.54, 1.807) is 72.9 Å². The molecule has 172 valence electrons. The number of halogens is 2. The molecular formula is C27H22ClFN2O3. The van der Waals surface area contributed by atoms with Crippen LogP contribution in [0.1, 0.15) is 16.8 Å². The van der Waals surface area contributed by atoms with Crippen molar-refractivity contribution in [2.24, 2.45) is 0 Å². The highest BCUT2D eigenvalue weighted by molar-refractivity contribution is 6.30. The van der Waals surface area contributed by atoms with Crippen molar-refractivity contribution >= 4 is 17.7 Å². The van der Waals surface area contributed by atoms with Crippen LogP contribution in [-0.4, -0.2) is 18.2 Å². The molecule has 0 bridgehead atoms. The van der Waals surface area contributed by atoms with Gasteiger partial charge in [-0.15, -0.1) is 0 Å². The molecular weight excluding hydrogens is 455 g/mol. The van der Waals surface area contributed by atoms with E-state index >= 15 is 4.39 Å². The number of amides is 1. The molecule has 0 aliphatic rings. The highest BCUT2D eigenvalue weighted by atomic mass is 35.5. The van der Waals surface area contributed by atoms with Gasteiger partial charge in [-0.3, -0.25) is 4.98 Å². The van der Waals surface area contributed by atoms with Gasteiger partial charge in [-0.05, 0) is 53.1 Å². The zero-order valence-corrected chi connectivity index (χ0v) is 19.2. The molecule has 0 saturated heterocycles. The van der Waals surface area contributed by atoms with Crippen LogP contribution < -0.4 is 14.8 Å².